The Hall–Kier alpha value is -2.91. The summed E-state index contributed by atoms with van der Waals surface area (Å²) < 4.78 is 26.7. The summed E-state index contributed by atoms with van der Waals surface area (Å²) in [6.45, 7) is 1.20. The van der Waals surface area contributed by atoms with Gasteiger partial charge in [-0.25, -0.2) is 13.2 Å². The minimum absolute atomic E-state index is 0.0608. The zero-order chi connectivity index (χ0) is 20.7. The highest BCUT2D eigenvalue weighted by Gasteiger charge is 2.27. The number of para-hydroxylation sites is 1. The first-order valence-corrected chi connectivity index (χ1v) is 10.9. The molecule has 0 saturated carbocycles. The summed E-state index contributed by atoms with van der Waals surface area (Å²) >= 11 is 0. The minimum atomic E-state index is -3.54. The number of hydrogen-bond donors (Lipinski definition) is 3. The molecule has 29 heavy (non-hydrogen) atoms. The Bertz CT molecular complexity index is 957. The fraction of sp³-hybridized carbons (Fsp3) is 0.300. The predicted molar refractivity (Wildman–Crippen MR) is 111 cm³/mol. The van der Waals surface area contributed by atoms with Gasteiger partial charge in [0.25, 0.3) is 0 Å². The van der Waals surface area contributed by atoms with Gasteiger partial charge in [-0.15, -0.1) is 0 Å². The van der Waals surface area contributed by atoms with Gasteiger partial charge in [-0.05, 0) is 43.2 Å². The number of anilines is 2. The number of sulfonamides is 1. The standard InChI is InChI=1S/C20H24N4O4S/c25-19(11-12-21-20(26)23-16-7-2-1-3-8-16)22-17-9-6-10-18(15-17)29(27,28)24-13-4-5-14-24/h1-3,6-10,15H,4-5,11-14H2,(H,22,25)(H2,21,23,26). The van der Waals surface area contributed by atoms with E-state index < -0.39 is 16.1 Å². The highest BCUT2D eigenvalue weighted by molar-refractivity contribution is 7.89. The summed E-state index contributed by atoms with van der Waals surface area (Å²) in [6.07, 6.45) is 1.78. The summed E-state index contributed by atoms with van der Waals surface area (Å²) in [5, 5.41) is 7.94. The maximum Gasteiger partial charge on any atom is 0.319 e. The molecule has 0 atom stereocenters. The lowest BCUT2D eigenvalue weighted by Gasteiger charge is -2.16. The van der Waals surface area contributed by atoms with Crippen molar-refractivity contribution in [3.63, 3.8) is 0 Å². The molecule has 1 aliphatic rings. The third-order valence-electron chi connectivity index (χ3n) is 4.49. The number of rotatable bonds is 7. The van der Waals surface area contributed by atoms with Gasteiger partial charge in [-0.2, -0.15) is 4.31 Å². The van der Waals surface area contributed by atoms with E-state index in [0.717, 1.165) is 12.8 Å². The Kier molecular flexibility index (Phi) is 6.84. The van der Waals surface area contributed by atoms with Gasteiger partial charge in [0, 0.05) is 37.4 Å². The summed E-state index contributed by atoms with van der Waals surface area (Å²) in [7, 11) is -3.54. The lowest BCUT2D eigenvalue weighted by molar-refractivity contribution is -0.116. The van der Waals surface area contributed by atoms with Gasteiger partial charge in [0.05, 0.1) is 4.90 Å². The van der Waals surface area contributed by atoms with Crippen LogP contribution in [0.25, 0.3) is 0 Å². The van der Waals surface area contributed by atoms with Crippen molar-refractivity contribution in [2.45, 2.75) is 24.2 Å². The van der Waals surface area contributed by atoms with E-state index in [0.29, 0.717) is 24.5 Å². The number of amides is 3. The zero-order valence-electron chi connectivity index (χ0n) is 15.9. The van der Waals surface area contributed by atoms with Crippen LogP contribution < -0.4 is 16.0 Å². The monoisotopic (exact) mass is 416 g/mol. The van der Waals surface area contributed by atoms with Crippen molar-refractivity contribution < 1.29 is 18.0 Å². The van der Waals surface area contributed by atoms with E-state index in [2.05, 4.69) is 16.0 Å². The van der Waals surface area contributed by atoms with Crippen LogP contribution in [-0.4, -0.2) is 44.3 Å². The number of hydrogen-bond acceptors (Lipinski definition) is 4. The summed E-state index contributed by atoms with van der Waals surface area (Å²) in [6, 6.07) is 14.8. The van der Waals surface area contributed by atoms with Crippen molar-refractivity contribution in [1.29, 1.82) is 0 Å². The molecule has 8 nitrogen and oxygen atoms in total. The predicted octanol–water partition coefficient (Wildman–Crippen LogP) is 2.62. The molecule has 1 fully saturated rings. The van der Waals surface area contributed by atoms with Crippen molar-refractivity contribution >= 4 is 33.3 Å². The highest BCUT2D eigenvalue weighted by Crippen LogP contribution is 2.23. The molecule has 1 heterocycles. The Labute approximate surface area is 170 Å². The number of carbonyl (C=O) groups is 2. The Balaban J connectivity index is 1.49. The molecule has 0 spiro atoms. The van der Waals surface area contributed by atoms with Crippen LogP contribution in [0.15, 0.2) is 59.5 Å². The normalized spacial score (nSPS) is 14.3. The molecular weight excluding hydrogens is 392 g/mol. The van der Waals surface area contributed by atoms with E-state index in [1.54, 1.807) is 36.4 Å². The molecule has 154 valence electrons. The third-order valence-corrected chi connectivity index (χ3v) is 6.38. The number of nitrogens with one attached hydrogen (secondary N) is 3. The van der Waals surface area contributed by atoms with Crippen LogP contribution in [0.3, 0.4) is 0 Å². The summed E-state index contributed by atoms with van der Waals surface area (Å²) in [5.74, 6) is -0.319. The second kappa shape index (κ2) is 9.53. The molecule has 0 unspecified atom stereocenters. The average Bonchev–Trinajstić information content (AvgIpc) is 3.25. The molecule has 0 bridgehead atoms. The number of urea groups is 1. The van der Waals surface area contributed by atoms with Gasteiger partial charge in [-0.1, -0.05) is 24.3 Å². The third kappa shape index (κ3) is 5.78. The molecule has 9 heteroatoms. The van der Waals surface area contributed by atoms with Gasteiger partial charge in [0.1, 0.15) is 0 Å². The summed E-state index contributed by atoms with van der Waals surface area (Å²) in [5.41, 5.74) is 1.06. The zero-order valence-corrected chi connectivity index (χ0v) is 16.7. The lowest BCUT2D eigenvalue weighted by atomic mass is 10.3. The first-order chi connectivity index (χ1) is 13.9. The molecule has 0 aromatic heterocycles. The van der Waals surface area contributed by atoms with E-state index in [1.807, 2.05) is 6.07 Å². The number of nitrogens with zero attached hydrogens (tertiary/aromatic N) is 1. The van der Waals surface area contributed by atoms with Crippen molar-refractivity contribution in [3.8, 4) is 0 Å². The van der Waals surface area contributed by atoms with Crippen LogP contribution in [0.5, 0.6) is 0 Å². The van der Waals surface area contributed by atoms with Crippen molar-refractivity contribution in [2.24, 2.45) is 0 Å². The number of benzene rings is 2. The Morgan fingerprint density at radius 2 is 1.59 bits per heavy atom. The Morgan fingerprint density at radius 3 is 2.31 bits per heavy atom. The molecule has 0 aliphatic carbocycles. The molecule has 2 aromatic carbocycles. The first-order valence-electron chi connectivity index (χ1n) is 9.45. The quantitative estimate of drug-likeness (QED) is 0.645. The van der Waals surface area contributed by atoms with E-state index in [-0.39, 0.29) is 23.8 Å². The topological polar surface area (TPSA) is 108 Å². The fourth-order valence-corrected chi connectivity index (χ4v) is 4.59. The second-order valence-corrected chi connectivity index (χ2v) is 8.62. The van der Waals surface area contributed by atoms with Gasteiger partial charge in [0.15, 0.2) is 0 Å². The van der Waals surface area contributed by atoms with Crippen LogP contribution in [0, 0.1) is 0 Å². The highest BCUT2D eigenvalue weighted by atomic mass is 32.2. The van der Waals surface area contributed by atoms with E-state index in [1.165, 1.54) is 16.4 Å². The molecule has 3 rings (SSSR count). The largest absolute Gasteiger partial charge is 0.337 e. The molecule has 3 N–H and O–H groups in total. The molecule has 0 radical (unpaired) electrons. The van der Waals surface area contributed by atoms with Crippen molar-refractivity contribution in [1.82, 2.24) is 9.62 Å². The first kappa shape index (κ1) is 20.8. The van der Waals surface area contributed by atoms with Crippen LogP contribution in [0.4, 0.5) is 16.2 Å². The van der Waals surface area contributed by atoms with Crippen LogP contribution >= 0.6 is 0 Å². The number of carbonyl (C=O) groups excluding carboxylic acids is 2. The van der Waals surface area contributed by atoms with Crippen LogP contribution in [0.2, 0.25) is 0 Å². The average molecular weight is 417 g/mol. The van der Waals surface area contributed by atoms with E-state index in [4.69, 9.17) is 0 Å². The van der Waals surface area contributed by atoms with Gasteiger partial charge in [0.2, 0.25) is 15.9 Å². The van der Waals surface area contributed by atoms with Crippen LogP contribution in [-0.2, 0) is 14.8 Å². The SMILES string of the molecule is O=C(CCNC(=O)Nc1ccccc1)Nc1cccc(S(=O)(=O)N2CCCC2)c1. The second-order valence-electron chi connectivity index (χ2n) is 6.68. The molecule has 1 saturated heterocycles. The van der Waals surface area contributed by atoms with E-state index >= 15 is 0 Å². The van der Waals surface area contributed by atoms with Crippen LogP contribution in [0.1, 0.15) is 19.3 Å². The van der Waals surface area contributed by atoms with Crippen molar-refractivity contribution in [2.75, 3.05) is 30.3 Å². The maximum atomic E-state index is 12.6. The van der Waals surface area contributed by atoms with Gasteiger partial charge < -0.3 is 16.0 Å². The molecular formula is C20H24N4O4S. The maximum absolute atomic E-state index is 12.6. The molecule has 3 amide bonds. The van der Waals surface area contributed by atoms with E-state index in [9.17, 15) is 18.0 Å². The van der Waals surface area contributed by atoms with Crippen molar-refractivity contribution in [3.05, 3.63) is 54.6 Å². The molecule has 2 aromatic rings. The minimum Gasteiger partial charge on any atom is -0.337 e. The fourth-order valence-electron chi connectivity index (χ4n) is 3.02. The Morgan fingerprint density at radius 1 is 0.897 bits per heavy atom. The van der Waals surface area contributed by atoms with Gasteiger partial charge in [-0.3, -0.25) is 4.79 Å². The van der Waals surface area contributed by atoms with Gasteiger partial charge >= 0.3 is 6.03 Å². The summed E-state index contributed by atoms with van der Waals surface area (Å²) in [4.78, 5) is 24.1. The molecule has 1 aliphatic heterocycles. The smallest absolute Gasteiger partial charge is 0.319 e. The lowest BCUT2D eigenvalue weighted by Crippen LogP contribution is -2.31.